The molecule has 0 aliphatic heterocycles. The SMILES string of the molecule is C=C(Br)CNC(=O)N(C)C. The smallest absolute Gasteiger partial charge is 0.317 e. The number of carbonyl (C=O) groups excluding carboxylic acids is 1. The summed E-state index contributed by atoms with van der Waals surface area (Å²) >= 11 is 3.12. The van der Waals surface area contributed by atoms with Gasteiger partial charge in [0.25, 0.3) is 0 Å². The Labute approximate surface area is 69.2 Å². The molecule has 0 atom stereocenters. The van der Waals surface area contributed by atoms with Gasteiger partial charge in [0.1, 0.15) is 0 Å². The molecule has 0 saturated heterocycles. The van der Waals surface area contributed by atoms with Crippen LogP contribution in [0.3, 0.4) is 0 Å². The van der Waals surface area contributed by atoms with Gasteiger partial charge in [0, 0.05) is 18.6 Å². The van der Waals surface area contributed by atoms with E-state index in [1.165, 1.54) is 4.90 Å². The molecule has 2 amide bonds. The third-order valence-corrected chi connectivity index (χ3v) is 1.12. The van der Waals surface area contributed by atoms with Crippen molar-refractivity contribution in [2.45, 2.75) is 0 Å². The molecule has 0 aromatic rings. The van der Waals surface area contributed by atoms with E-state index in [9.17, 15) is 4.79 Å². The highest BCUT2D eigenvalue weighted by molar-refractivity contribution is 9.11. The maximum atomic E-state index is 10.8. The first-order valence-electron chi connectivity index (χ1n) is 2.82. The molecule has 0 fully saturated rings. The van der Waals surface area contributed by atoms with Crippen molar-refractivity contribution in [3.63, 3.8) is 0 Å². The van der Waals surface area contributed by atoms with Gasteiger partial charge in [-0.2, -0.15) is 0 Å². The van der Waals surface area contributed by atoms with Gasteiger partial charge in [-0.1, -0.05) is 22.5 Å². The third kappa shape index (κ3) is 4.38. The number of hydrogen-bond acceptors (Lipinski definition) is 1. The zero-order valence-corrected chi connectivity index (χ0v) is 7.73. The quantitative estimate of drug-likeness (QED) is 0.724. The molecule has 0 bridgehead atoms. The highest BCUT2D eigenvalue weighted by Gasteiger charge is 2.00. The topological polar surface area (TPSA) is 32.3 Å². The van der Waals surface area contributed by atoms with Crippen LogP contribution in [-0.4, -0.2) is 31.6 Å². The molecule has 0 heterocycles. The van der Waals surface area contributed by atoms with E-state index in [4.69, 9.17) is 0 Å². The first-order valence-corrected chi connectivity index (χ1v) is 3.61. The maximum absolute atomic E-state index is 10.8. The Morgan fingerprint density at radius 2 is 2.20 bits per heavy atom. The lowest BCUT2D eigenvalue weighted by atomic mass is 10.6. The molecule has 0 aliphatic rings. The van der Waals surface area contributed by atoms with Crippen molar-refractivity contribution in [3.05, 3.63) is 11.1 Å². The standard InChI is InChI=1S/C6H11BrN2O/c1-5(7)4-8-6(10)9(2)3/h1,4H2,2-3H3,(H,8,10). The van der Waals surface area contributed by atoms with Crippen molar-refractivity contribution in [2.75, 3.05) is 20.6 Å². The lowest BCUT2D eigenvalue weighted by molar-refractivity contribution is 0.218. The maximum Gasteiger partial charge on any atom is 0.317 e. The molecule has 3 nitrogen and oxygen atoms in total. The summed E-state index contributed by atoms with van der Waals surface area (Å²) in [6.45, 7) is 4.04. The minimum Gasteiger partial charge on any atom is -0.333 e. The van der Waals surface area contributed by atoms with E-state index in [-0.39, 0.29) is 6.03 Å². The Morgan fingerprint density at radius 1 is 1.70 bits per heavy atom. The van der Waals surface area contributed by atoms with Crippen molar-refractivity contribution in [2.24, 2.45) is 0 Å². The highest BCUT2D eigenvalue weighted by Crippen LogP contribution is 1.96. The molecule has 0 unspecified atom stereocenters. The Hall–Kier alpha value is -0.510. The third-order valence-electron chi connectivity index (χ3n) is 0.838. The largest absolute Gasteiger partial charge is 0.333 e. The highest BCUT2D eigenvalue weighted by atomic mass is 79.9. The lowest BCUT2D eigenvalue weighted by Gasteiger charge is -2.10. The molecule has 58 valence electrons. The van der Waals surface area contributed by atoms with Gasteiger partial charge in [-0.3, -0.25) is 0 Å². The van der Waals surface area contributed by atoms with E-state index < -0.39 is 0 Å². The van der Waals surface area contributed by atoms with Crippen LogP contribution < -0.4 is 5.32 Å². The lowest BCUT2D eigenvalue weighted by Crippen LogP contribution is -2.34. The first-order chi connectivity index (χ1) is 4.54. The van der Waals surface area contributed by atoms with Crippen LogP contribution in [0.1, 0.15) is 0 Å². The predicted molar refractivity (Wildman–Crippen MR) is 45.2 cm³/mol. The fourth-order valence-corrected chi connectivity index (χ4v) is 0.470. The number of amides is 2. The summed E-state index contributed by atoms with van der Waals surface area (Å²) in [5, 5.41) is 2.62. The summed E-state index contributed by atoms with van der Waals surface area (Å²) < 4.78 is 0.766. The fourth-order valence-electron chi connectivity index (χ4n) is 0.330. The van der Waals surface area contributed by atoms with Crippen molar-refractivity contribution in [1.82, 2.24) is 10.2 Å². The molecule has 10 heavy (non-hydrogen) atoms. The molecule has 4 heteroatoms. The molecule has 0 spiro atoms. The van der Waals surface area contributed by atoms with Crippen molar-refractivity contribution in [1.29, 1.82) is 0 Å². The summed E-state index contributed by atoms with van der Waals surface area (Å²) in [4.78, 5) is 12.3. The monoisotopic (exact) mass is 206 g/mol. The summed E-state index contributed by atoms with van der Waals surface area (Å²) in [6, 6.07) is -0.111. The molecule has 0 saturated carbocycles. The zero-order valence-electron chi connectivity index (χ0n) is 6.15. The van der Waals surface area contributed by atoms with Gasteiger partial charge in [-0.05, 0) is 0 Å². The van der Waals surface area contributed by atoms with Crippen LogP contribution >= 0.6 is 15.9 Å². The zero-order chi connectivity index (χ0) is 8.15. The Bertz CT molecular complexity index is 145. The van der Waals surface area contributed by atoms with Crippen LogP contribution in [-0.2, 0) is 0 Å². The van der Waals surface area contributed by atoms with Crippen LogP contribution in [0.2, 0.25) is 0 Å². The van der Waals surface area contributed by atoms with E-state index >= 15 is 0 Å². The summed E-state index contributed by atoms with van der Waals surface area (Å²) in [7, 11) is 3.37. The van der Waals surface area contributed by atoms with E-state index in [1.807, 2.05) is 0 Å². The Morgan fingerprint density at radius 3 is 2.50 bits per heavy atom. The van der Waals surface area contributed by atoms with Gasteiger partial charge < -0.3 is 10.2 Å². The summed E-state index contributed by atoms with van der Waals surface area (Å²) in [5.41, 5.74) is 0. The minimum atomic E-state index is -0.111. The normalized spacial score (nSPS) is 8.70. The second-order valence-corrected chi connectivity index (χ2v) is 3.19. The Kier molecular flexibility index (Phi) is 4.11. The fraction of sp³-hybridized carbons (Fsp3) is 0.500. The molecule has 0 rings (SSSR count). The first kappa shape index (κ1) is 9.49. The molecule has 1 N–H and O–H groups in total. The van der Waals surface area contributed by atoms with E-state index in [2.05, 4.69) is 27.8 Å². The van der Waals surface area contributed by atoms with Crippen LogP contribution in [0, 0.1) is 0 Å². The molecular weight excluding hydrogens is 196 g/mol. The van der Waals surface area contributed by atoms with Gasteiger partial charge in [0.2, 0.25) is 0 Å². The molecule has 0 aromatic carbocycles. The van der Waals surface area contributed by atoms with Crippen molar-refractivity contribution < 1.29 is 4.79 Å². The second kappa shape index (κ2) is 4.33. The molecule has 0 radical (unpaired) electrons. The van der Waals surface area contributed by atoms with Crippen molar-refractivity contribution in [3.8, 4) is 0 Å². The number of nitrogens with one attached hydrogen (secondary N) is 1. The number of nitrogens with zero attached hydrogens (tertiary/aromatic N) is 1. The van der Waals surface area contributed by atoms with Gasteiger partial charge >= 0.3 is 6.03 Å². The molecule has 0 aromatic heterocycles. The van der Waals surface area contributed by atoms with Crippen LogP contribution in [0.4, 0.5) is 4.79 Å². The van der Waals surface area contributed by atoms with Gasteiger partial charge in [0.05, 0.1) is 6.54 Å². The predicted octanol–water partition coefficient (Wildman–Crippen LogP) is 1.17. The summed E-state index contributed by atoms with van der Waals surface area (Å²) in [6.07, 6.45) is 0. The number of rotatable bonds is 2. The van der Waals surface area contributed by atoms with E-state index in [0.29, 0.717) is 6.54 Å². The molecular formula is C6H11BrN2O. The second-order valence-electron chi connectivity index (χ2n) is 2.07. The summed E-state index contributed by atoms with van der Waals surface area (Å²) in [5.74, 6) is 0. The van der Waals surface area contributed by atoms with Crippen LogP contribution in [0.25, 0.3) is 0 Å². The number of carbonyl (C=O) groups is 1. The number of hydrogen-bond donors (Lipinski definition) is 1. The van der Waals surface area contributed by atoms with Crippen LogP contribution in [0.5, 0.6) is 0 Å². The van der Waals surface area contributed by atoms with Crippen molar-refractivity contribution >= 4 is 22.0 Å². The Balaban J connectivity index is 3.50. The average molecular weight is 207 g/mol. The minimum absolute atomic E-state index is 0.111. The number of urea groups is 1. The van der Waals surface area contributed by atoms with E-state index in [0.717, 1.165) is 4.48 Å². The average Bonchev–Trinajstić information content (AvgIpc) is 1.82. The van der Waals surface area contributed by atoms with Gasteiger partial charge in [-0.25, -0.2) is 4.79 Å². The van der Waals surface area contributed by atoms with Gasteiger partial charge in [-0.15, -0.1) is 0 Å². The molecule has 0 aliphatic carbocycles. The van der Waals surface area contributed by atoms with Gasteiger partial charge in [0.15, 0.2) is 0 Å². The van der Waals surface area contributed by atoms with Crippen LogP contribution in [0.15, 0.2) is 11.1 Å². The number of halogens is 1. The van der Waals surface area contributed by atoms with E-state index in [1.54, 1.807) is 14.1 Å².